The van der Waals surface area contributed by atoms with E-state index in [0.29, 0.717) is 11.3 Å². The van der Waals surface area contributed by atoms with Crippen molar-refractivity contribution in [3.05, 3.63) is 29.3 Å². The molecule has 1 aliphatic carbocycles. The van der Waals surface area contributed by atoms with Crippen molar-refractivity contribution < 1.29 is 4.74 Å². The molecule has 0 amide bonds. The van der Waals surface area contributed by atoms with Gasteiger partial charge in [-0.3, -0.25) is 4.90 Å². The average Bonchev–Trinajstić information content (AvgIpc) is 3.19. The molecule has 0 atom stereocenters. The van der Waals surface area contributed by atoms with Crippen molar-refractivity contribution in [1.82, 2.24) is 4.90 Å². The topological polar surface area (TPSA) is 36.3 Å². The summed E-state index contributed by atoms with van der Waals surface area (Å²) < 4.78 is 5.15. The molecule has 2 rings (SSSR count). The molecule has 0 radical (unpaired) electrons. The van der Waals surface area contributed by atoms with Crippen molar-refractivity contribution in [2.75, 3.05) is 13.7 Å². The number of nitrogens with zero attached hydrogens (tertiary/aromatic N) is 2. The average molecular weight is 230 g/mol. The SMILES string of the molecule is CCN(Cc1ccc(OC)c(C#N)c1)C1CC1. The molecule has 1 fully saturated rings. The highest BCUT2D eigenvalue weighted by molar-refractivity contribution is 5.45. The Hall–Kier alpha value is -1.53. The maximum atomic E-state index is 9.04. The van der Waals surface area contributed by atoms with Crippen LogP contribution in [-0.4, -0.2) is 24.6 Å². The molecule has 1 aromatic rings. The predicted molar refractivity (Wildman–Crippen MR) is 66.8 cm³/mol. The van der Waals surface area contributed by atoms with E-state index in [2.05, 4.69) is 17.9 Å². The lowest BCUT2D eigenvalue weighted by molar-refractivity contribution is 0.269. The number of hydrogen-bond acceptors (Lipinski definition) is 3. The Morgan fingerprint density at radius 3 is 2.76 bits per heavy atom. The van der Waals surface area contributed by atoms with Gasteiger partial charge in [0, 0.05) is 12.6 Å². The number of hydrogen-bond donors (Lipinski definition) is 0. The van der Waals surface area contributed by atoms with Gasteiger partial charge in [-0.25, -0.2) is 0 Å². The van der Waals surface area contributed by atoms with Crippen LogP contribution in [0.2, 0.25) is 0 Å². The number of rotatable bonds is 5. The molecule has 3 heteroatoms. The Morgan fingerprint density at radius 2 is 2.24 bits per heavy atom. The maximum absolute atomic E-state index is 9.04. The quantitative estimate of drug-likeness (QED) is 0.780. The first kappa shape index (κ1) is 11.9. The molecule has 0 saturated heterocycles. The maximum Gasteiger partial charge on any atom is 0.136 e. The summed E-state index contributed by atoms with van der Waals surface area (Å²) in [5.74, 6) is 0.658. The highest BCUT2D eigenvalue weighted by Gasteiger charge is 2.27. The molecule has 17 heavy (non-hydrogen) atoms. The summed E-state index contributed by atoms with van der Waals surface area (Å²) in [7, 11) is 1.60. The first-order valence-electron chi connectivity index (χ1n) is 6.09. The molecule has 0 bridgehead atoms. The number of nitriles is 1. The van der Waals surface area contributed by atoms with E-state index in [-0.39, 0.29) is 0 Å². The van der Waals surface area contributed by atoms with Gasteiger partial charge in [-0.15, -0.1) is 0 Å². The molecule has 1 saturated carbocycles. The van der Waals surface area contributed by atoms with Crippen LogP contribution in [0.25, 0.3) is 0 Å². The monoisotopic (exact) mass is 230 g/mol. The van der Waals surface area contributed by atoms with E-state index in [1.54, 1.807) is 7.11 Å². The van der Waals surface area contributed by atoms with Gasteiger partial charge in [-0.1, -0.05) is 13.0 Å². The van der Waals surface area contributed by atoms with E-state index in [9.17, 15) is 0 Å². The number of benzene rings is 1. The van der Waals surface area contributed by atoms with Crippen LogP contribution in [0.1, 0.15) is 30.9 Å². The van der Waals surface area contributed by atoms with E-state index < -0.39 is 0 Å². The highest BCUT2D eigenvalue weighted by atomic mass is 16.5. The Kier molecular flexibility index (Phi) is 3.65. The Labute approximate surface area is 103 Å². The van der Waals surface area contributed by atoms with Crippen LogP contribution in [-0.2, 0) is 6.54 Å². The molecule has 0 spiro atoms. The molecule has 0 aromatic heterocycles. The van der Waals surface area contributed by atoms with Gasteiger partial charge in [-0.05, 0) is 37.1 Å². The zero-order valence-corrected chi connectivity index (χ0v) is 10.4. The first-order valence-corrected chi connectivity index (χ1v) is 6.09. The van der Waals surface area contributed by atoms with Crippen molar-refractivity contribution in [3.8, 4) is 11.8 Å². The lowest BCUT2D eigenvalue weighted by Crippen LogP contribution is -2.25. The van der Waals surface area contributed by atoms with E-state index >= 15 is 0 Å². The highest BCUT2D eigenvalue weighted by Crippen LogP contribution is 2.28. The summed E-state index contributed by atoms with van der Waals surface area (Å²) in [5.41, 5.74) is 1.81. The van der Waals surface area contributed by atoms with E-state index in [0.717, 1.165) is 19.1 Å². The molecular formula is C14H18N2O. The number of ether oxygens (including phenoxy) is 1. The van der Waals surface area contributed by atoms with Gasteiger partial charge in [0.05, 0.1) is 12.7 Å². The van der Waals surface area contributed by atoms with E-state index in [1.807, 2.05) is 18.2 Å². The van der Waals surface area contributed by atoms with Crippen LogP contribution in [0.3, 0.4) is 0 Å². The molecule has 3 nitrogen and oxygen atoms in total. The molecule has 0 heterocycles. The summed E-state index contributed by atoms with van der Waals surface area (Å²) in [6.07, 6.45) is 2.63. The second kappa shape index (κ2) is 5.20. The third kappa shape index (κ3) is 2.78. The minimum absolute atomic E-state index is 0.622. The van der Waals surface area contributed by atoms with Gasteiger partial charge >= 0.3 is 0 Å². The summed E-state index contributed by atoms with van der Waals surface area (Å²) in [6, 6.07) is 8.80. The molecule has 1 aliphatic rings. The largest absolute Gasteiger partial charge is 0.495 e. The third-order valence-corrected chi connectivity index (χ3v) is 3.24. The lowest BCUT2D eigenvalue weighted by Gasteiger charge is -2.20. The van der Waals surface area contributed by atoms with E-state index in [4.69, 9.17) is 10.00 Å². The van der Waals surface area contributed by atoms with Crippen molar-refractivity contribution in [1.29, 1.82) is 5.26 Å². The molecule has 1 aromatic carbocycles. The van der Waals surface area contributed by atoms with Crippen LogP contribution in [0.15, 0.2) is 18.2 Å². The second-order valence-electron chi connectivity index (χ2n) is 4.44. The van der Waals surface area contributed by atoms with Crippen LogP contribution in [0.4, 0.5) is 0 Å². The van der Waals surface area contributed by atoms with Crippen LogP contribution in [0, 0.1) is 11.3 Å². The lowest BCUT2D eigenvalue weighted by atomic mass is 10.1. The van der Waals surface area contributed by atoms with E-state index in [1.165, 1.54) is 18.4 Å². The fourth-order valence-corrected chi connectivity index (χ4v) is 2.11. The standard InChI is InChI=1S/C14H18N2O/c1-3-16(13-5-6-13)10-11-4-7-14(17-2)12(8-11)9-15/h4,7-8,13H,3,5-6,10H2,1-2H3. The van der Waals surface area contributed by atoms with Crippen molar-refractivity contribution in [3.63, 3.8) is 0 Å². The minimum atomic E-state index is 0.622. The first-order chi connectivity index (χ1) is 8.28. The van der Waals surface area contributed by atoms with Gasteiger partial charge in [0.15, 0.2) is 0 Å². The molecule has 0 aliphatic heterocycles. The zero-order valence-electron chi connectivity index (χ0n) is 10.4. The predicted octanol–water partition coefficient (Wildman–Crippen LogP) is 2.55. The molecule has 0 N–H and O–H groups in total. The van der Waals surface area contributed by atoms with Crippen LogP contribution in [0.5, 0.6) is 5.75 Å². The second-order valence-corrected chi connectivity index (χ2v) is 4.44. The molecular weight excluding hydrogens is 212 g/mol. The van der Waals surface area contributed by atoms with Gasteiger partial charge in [-0.2, -0.15) is 5.26 Å². The van der Waals surface area contributed by atoms with Crippen molar-refractivity contribution >= 4 is 0 Å². The van der Waals surface area contributed by atoms with Gasteiger partial charge in [0.25, 0.3) is 0 Å². The van der Waals surface area contributed by atoms with Crippen LogP contribution >= 0.6 is 0 Å². The molecule has 0 unspecified atom stereocenters. The summed E-state index contributed by atoms with van der Waals surface area (Å²) in [4.78, 5) is 2.46. The molecule has 90 valence electrons. The summed E-state index contributed by atoms with van der Waals surface area (Å²) >= 11 is 0. The van der Waals surface area contributed by atoms with Crippen molar-refractivity contribution in [2.45, 2.75) is 32.4 Å². The summed E-state index contributed by atoms with van der Waals surface area (Å²) in [6.45, 7) is 4.19. The Bertz CT molecular complexity index is 432. The zero-order chi connectivity index (χ0) is 12.3. The smallest absolute Gasteiger partial charge is 0.136 e. The minimum Gasteiger partial charge on any atom is -0.495 e. The Balaban J connectivity index is 2.13. The van der Waals surface area contributed by atoms with Gasteiger partial charge < -0.3 is 4.74 Å². The van der Waals surface area contributed by atoms with Crippen molar-refractivity contribution in [2.24, 2.45) is 0 Å². The third-order valence-electron chi connectivity index (χ3n) is 3.24. The number of methoxy groups -OCH3 is 1. The van der Waals surface area contributed by atoms with Crippen LogP contribution < -0.4 is 4.74 Å². The fraction of sp³-hybridized carbons (Fsp3) is 0.500. The normalized spacial score (nSPS) is 14.7. The van der Waals surface area contributed by atoms with Gasteiger partial charge in [0.1, 0.15) is 11.8 Å². The Morgan fingerprint density at radius 1 is 1.47 bits per heavy atom. The fourth-order valence-electron chi connectivity index (χ4n) is 2.11. The van der Waals surface area contributed by atoms with Gasteiger partial charge in [0.2, 0.25) is 0 Å². The summed E-state index contributed by atoms with van der Waals surface area (Å²) in [5, 5.41) is 9.04.